The Hall–Kier alpha value is -2.46. The molecule has 0 radical (unpaired) electrons. The number of halogens is 1. The lowest BCUT2D eigenvalue weighted by Gasteiger charge is -2.13. The number of nitrogens with one attached hydrogen (secondary N) is 1. The standard InChI is InChI=1S/C17H16FN3/c1-19-10-14-5-2-3-8-16(14)21-12-20-11-17(21)13-6-4-7-15(18)9-13/h2-9,11-12,19H,10H2,1H3. The maximum absolute atomic E-state index is 13.5. The van der Waals surface area contributed by atoms with Crippen molar-refractivity contribution >= 4 is 0 Å². The van der Waals surface area contributed by atoms with Gasteiger partial charge < -0.3 is 5.32 Å². The summed E-state index contributed by atoms with van der Waals surface area (Å²) in [5.41, 5.74) is 3.89. The number of aromatic nitrogens is 2. The van der Waals surface area contributed by atoms with Crippen molar-refractivity contribution < 1.29 is 4.39 Å². The van der Waals surface area contributed by atoms with Crippen LogP contribution in [0.5, 0.6) is 0 Å². The SMILES string of the molecule is CNCc1ccccc1-n1cncc1-c1cccc(F)c1. The average molecular weight is 281 g/mol. The van der Waals surface area contributed by atoms with Crippen LogP contribution in [0.3, 0.4) is 0 Å². The van der Waals surface area contributed by atoms with Gasteiger partial charge in [0.25, 0.3) is 0 Å². The third kappa shape index (κ3) is 2.71. The first-order chi connectivity index (χ1) is 10.3. The third-order valence-electron chi connectivity index (χ3n) is 3.38. The predicted molar refractivity (Wildman–Crippen MR) is 81.7 cm³/mol. The van der Waals surface area contributed by atoms with E-state index < -0.39 is 0 Å². The highest BCUT2D eigenvalue weighted by Gasteiger charge is 2.10. The monoisotopic (exact) mass is 281 g/mol. The van der Waals surface area contributed by atoms with Crippen LogP contribution in [0.15, 0.2) is 61.1 Å². The summed E-state index contributed by atoms with van der Waals surface area (Å²) in [5.74, 6) is -0.247. The highest BCUT2D eigenvalue weighted by molar-refractivity contribution is 5.62. The predicted octanol–water partition coefficient (Wildman–Crippen LogP) is 3.40. The van der Waals surface area contributed by atoms with Crippen LogP contribution in [-0.2, 0) is 6.54 Å². The molecule has 0 saturated carbocycles. The molecule has 0 atom stereocenters. The van der Waals surface area contributed by atoms with E-state index in [1.165, 1.54) is 12.1 Å². The number of hydrogen-bond acceptors (Lipinski definition) is 2. The Morgan fingerprint density at radius 3 is 2.81 bits per heavy atom. The van der Waals surface area contributed by atoms with Crippen LogP contribution >= 0.6 is 0 Å². The third-order valence-corrected chi connectivity index (χ3v) is 3.38. The zero-order valence-electron chi connectivity index (χ0n) is 11.8. The number of imidazole rings is 1. The molecule has 0 fully saturated rings. The van der Waals surface area contributed by atoms with E-state index in [9.17, 15) is 4.39 Å². The number of para-hydroxylation sites is 1. The lowest BCUT2D eigenvalue weighted by molar-refractivity contribution is 0.628. The van der Waals surface area contributed by atoms with Crippen LogP contribution in [0.2, 0.25) is 0 Å². The van der Waals surface area contributed by atoms with Crippen molar-refractivity contribution in [2.24, 2.45) is 0 Å². The van der Waals surface area contributed by atoms with Crippen LogP contribution in [0.1, 0.15) is 5.56 Å². The molecule has 4 heteroatoms. The highest BCUT2D eigenvalue weighted by Crippen LogP contribution is 2.25. The minimum Gasteiger partial charge on any atom is -0.316 e. The van der Waals surface area contributed by atoms with E-state index in [1.807, 2.05) is 35.9 Å². The van der Waals surface area contributed by atoms with Gasteiger partial charge in [0.2, 0.25) is 0 Å². The molecule has 0 saturated heterocycles. The molecular weight excluding hydrogens is 265 g/mol. The van der Waals surface area contributed by atoms with Gasteiger partial charge in [0.1, 0.15) is 5.82 Å². The van der Waals surface area contributed by atoms with Crippen molar-refractivity contribution in [3.63, 3.8) is 0 Å². The van der Waals surface area contributed by atoms with Crippen LogP contribution < -0.4 is 5.32 Å². The van der Waals surface area contributed by atoms with Gasteiger partial charge in [0, 0.05) is 12.1 Å². The summed E-state index contributed by atoms with van der Waals surface area (Å²) in [7, 11) is 1.91. The van der Waals surface area contributed by atoms with Gasteiger partial charge >= 0.3 is 0 Å². The zero-order chi connectivity index (χ0) is 14.7. The molecule has 1 N–H and O–H groups in total. The Bertz CT molecular complexity index is 749. The first-order valence-electron chi connectivity index (χ1n) is 6.81. The summed E-state index contributed by atoms with van der Waals surface area (Å²) in [6.07, 6.45) is 3.51. The molecule has 3 nitrogen and oxygen atoms in total. The lowest BCUT2D eigenvalue weighted by atomic mass is 10.1. The van der Waals surface area contributed by atoms with Crippen LogP contribution in [0.25, 0.3) is 16.9 Å². The topological polar surface area (TPSA) is 29.9 Å². The molecule has 1 aromatic heterocycles. The molecule has 0 unspecified atom stereocenters. The fraction of sp³-hybridized carbons (Fsp3) is 0.118. The Labute approximate surface area is 123 Å². The van der Waals surface area contributed by atoms with E-state index in [0.717, 1.165) is 29.1 Å². The fourth-order valence-electron chi connectivity index (χ4n) is 2.43. The Balaban J connectivity index is 2.11. The Morgan fingerprint density at radius 2 is 2.00 bits per heavy atom. The zero-order valence-corrected chi connectivity index (χ0v) is 11.8. The second-order valence-corrected chi connectivity index (χ2v) is 4.82. The molecule has 0 aliphatic carbocycles. The molecule has 21 heavy (non-hydrogen) atoms. The van der Waals surface area contributed by atoms with Crippen molar-refractivity contribution in [1.82, 2.24) is 14.9 Å². The van der Waals surface area contributed by atoms with Gasteiger partial charge in [0.15, 0.2) is 0 Å². The summed E-state index contributed by atoms with van der Waals surface area (Å²) in [4.78, 5) is 4.23. The molecule has 3 rings (SSSR count). The van der Waals surface area contributed by atoms with Gasteiger partial charge in [-0.3, -0.25) is 4.57 Å². The lowest BCUT2D eigenvalue weighted by Crippen LogP contribution is -2.09. The maximum atomic E-state index is 13.5. The van der Waals surface area contributed by atoms with Crippen molar-refractivity contribution in [2.45, 2.75) is 6.54 Å². The normalized spacial score (nSPS) is 10.8. The van der Waals surface area contributed by atoms with Crippen molar-refractivity contribution in [3.8, 4) is 16.9 Å². The van der Waals surface area contributed by atoms with Gasteiger partial charge in [-0.05, 0) is 30.8 Å². The van der Waals surface area contributed by atoms with Gasteiger partial charge in [-0.25, -0.2) is 9.37 Å². The first-order valence-corrected chi connectivity index (χ1v) is 6.81. The number of rotatable bonds is 4. The molecule has 0 amide bonds. The van der Waals surface area contributed by atoms with E-state index in [0.29, 0.717) is 0 Å². The van der Waals surface area contributed by atoms with Crippen molar-refractivity contribution in [2.75, 3.05) is 7.05 Å². The molecule has 0 aliphatic heterocycles. The maximum Gasteiger partial charge on any atom is 0.123 e. The van der Waals surface area contributed by atoms with Gasteiger partial charge in [-0.2, -0.15) is 0 Å². The molecule has 0 spiro atoms. The Morgan fingerprint density at radius 1 is 1.14 bits per heavy atom. The summed E-state index contributed by atoms with van der Waals surface area (Å²) >= 11 is 0. The smallest absolute Gasteiger partial charge is 0.123 e. The van der Waals surface area contributed by atoms with Gasteiger partial charge in [0.05, 0.1) is 23.9 Å². The number of benzene rings is 2. The summed E-state index contributed by atoms with van der Waals surface area (Å²) in [6.45, 7) is 0.761. The summed E-state index contributed by atoms with van der Waals surface area (Å²) < 4.78 is 15.4. The number of nitrogens with zero attached hydrogens (tertiary/aromatic N) is 2. The van der Waals surface area contributed by atoms with Crippen LogP contribution in [-0.4, -0.2) is 16.6 Å². The minimum absolute atomic E-state index is 0.247. The Kier molecular flexibility index (Phi) is 3.79. The van der Waals surface area contributed by atoms with Crippen LogP contribution in [0, 0.1) is 5.82 Å². The van der Waals surface area contributed by atoms with Crippen molar-refractivity contribution in [1.29, 1.82) is 0 Å². The summed E-state index contributed by atoms with van der Waals surface area (Å²) in [6, 6.07) is 14.7. The second-order valence-electron chi connectivity index (χ2n) is 4.82. The molecule has 2 aromatic carbocycles. The van der Waals surface area contributed by atoms with E-state index in [2.05, 4.69) is 16.4 Å². The molecule has 3 aromatic rings. The van der Waals surface area contributed by atoms with E-state index >= 15 is 0 Å². The van der Waals surface area contributed by atoms with Crippen molar-refractivity contribution in [3.05, 3.63) is 72.4 Å². The van der Waals surface area contributed by atoms with E-state index in [4.69, 9.17) is 0 Å². The molecule has 1 heterocycles. The molecule has 0 aliphatic rings. The molecule has 106 valence electrons. The first kappa shape index (κ1) is 13.5. The molecular formula is C17H16FN3. The highest BCUT2D eigenvalue weighted by atomic mass is 19.1. The van der Waals surface area contributed by atoms with Crippen LogP contribution in [0.4, 0.5) is 4.39 Å². The van der Waals surface area contributed by atoms with Gasteiger partial charge in [-0.15, -0.1) is 0 Å². The second kappa shape index (κ2) is 5.89. The number of hydrogen-bond donors (Lipinski definition) is 1. The quantitative estimate of drug-likeness (QED) is 0.794. The molecule has 0 bridgehead atoms. The average Bonchev–Trinajstić information content (AvgIpc) is 2.97. The fourth-order valence-corrected chi connectivity index (χ4v) is 2.43. The largest absolute Gasteiger partial charge is 0.316 e. The summed E-state index contributed by atoms with van der Waals surface area (Å²) in [5, 5.41) is 3.16. The minimum atomic E-state index is -0.247. The van der Waals surface area contributed by atoms with E-state index in [-0.39, 0.29) is 5.82 Å². The van der Waals surface area contributed by atoms with Gasteiger partial charge in [-0.1, -0.05) is 30.3 Å². The van der Waals surface area contributed by atoms with E-state index in [1.54, 1.807) is 18.6 Å².